The van der Waals surface area contributed by atoms with Gasteiger partial charge in [0, 0.05) is 0 Å². The Labute approximate surface area is 67.5 Å². The maximum atomic E-state index is 10.2. The number of nitrogens with zero attached hydrogens (tertiary/aromatic N) is 3. The summed E-state index contributed by atoms with van der Waals surface area (Å²) in [6.45, 7) is 0. The predicted molar refractivity (Wildman–Crippen MR) is 39.7 cm³/mol. The normalized spacial score (nSPS) is 9.92. The zero-order valence-corrected chi connectivity index (χ0v) is 6.21. The topological polar surface area (TPSA) is 101 Å². The molecule has 0 bridgehead atoms. The van der Waals surface area contributed by atoms with Gasteiger partial charge in [-0.2, -0.15) is 4.68 Å². The summed E-state index contributed by atoms with van der Waals surface area (Å²) >= 11 is 0. The average molecular weight is 171 g/mol. The molecular weight excluding hydrogens is 165 g/mol. The second-order valence-corrected chi connectivity index (χ2v) is 2.21. The van der Waals surface area contributed by atoms with E-state index in [1.54, 1.807) is 0 Å². The number of nitro groups is 1. The summed E-state index contributed by atoms with van der Waals surface area (Å²) in [6, 6.07) is 0. The lowest BCUT2D eigenvalue weighted by molar-refractivity contribution is -0.388. The molecule has 1 heterocycles. The molecule has 1 aromatic rings. The first-order chi connectivity index (χ1) is 5.52. The molecule has 0 aliphatic rings. The molecule has 0 amide bonds. The van der Waals surface area contributed by atoms with E-state index < -0.39 is 17.9 Å². The van der Waals surface area contributed by atoms with Gasteiger partial charge in [-0.1, -0.05) is 0 Å². The molecule has 2 N–H and O–H groups in total. The van der Waals surface area contributed by atoms with Crippen molar-refractivity contribution in [1.82, 2.24) is 9.78 Å². The summed E-state index contributed by atoms with van der Waals surface area (Å²) in [7, 11) is -0.405. The SMILES string of the molecule is Cn1cc(B(O)O)c([N+](=O)[O-])n1. The lowest BCUT2D eigenvalue weighted by atomic mass is 9.82. The minimum Gasteiger partial charge on any atom is -0.423 e. The van der Waals surface area contributed by atoms with Crippen LogP contribution in [0.25, 0.3) is 0 Å². The molecule has 0 saturated carbocycles. The molecular formula is C4H6BN3O4. The highest BCUT2D eigenvalue weighted by molar-refractivity contribution is 6.60. The number of hydrogen-bond acceptors (Lipinski definition) is 5. The third-order valence-corrected chi connectivity index (χ3v) is 1.29. The summed E-state index contributed by atoms with van der Waals surface area (Å²) in [5.41, 5.74) is -0.206. The molecule has 64 valence electrons. The van der Waals surface area contributed by atoms with Crippen molar-refractivity contribution in [2.24, 2.45) is 7.05 Å². The van der Waals surface area contributed by atoms with Gasteiger partial charge in [0.15, 0.2) is 0 Å². The summed E-state index contributed by atoms with van der Waals surface area (Å²) in [5, 5.41) is 31.0. The van der Waals surface area contributed by atoms with Crippen LogP contribution in [0.1, 0.15) is 0 Å². The fourth-order valence-corrected chi connectivity index (χ4v) is 0.819. The molecule has 0 aliphatic carbocycles. The molecule has 0 aromatic carbocycles. The van der Waals surface area contributed by atoms with Gasteiger partial charge in [-0.25, -0.2) is 0 Å². The van der Waals surface area contributed by atoms with Crippen LogP contribution in [-0.4, -0.2) is 31.9 Å². The van der Waals surface area contributed by atoms with Crippen molar-refractivity contribution in [3.63, 3.8) is 0 Å². The van der Waals surface area contributed by atoms with Crippen LogP contribution in [0.2, 0.25) is 0 Å². The van der Waals surface area contributed by atoms with Crippen molar-refractivity contribution < 1.29 is 15.0 Å². The van der Waals surface area contributed by atoms with Crippen molar-refractivity contribution in [2.75, 3.05) is 0 Å². The Balaban J connectivity index is 3.17. The van der Waals surface area contributed by atoms with Crippen LogP contribution in [-0.2, 0) is 7.05 Å². The van der Waals surface area contributed by atoms with Gasteiger partial charge >= 0.3 is 12.9 Å². The minimum atomic E-state index is -1.86. The average Bonchev–Trinajstić information content (AvgIpc) is 2.31. The number of hydrogen-bond donors (Lipinski definition) is 2. The van der Waals surface area contributed by atoms with E-state index in [1.165, 1.54) is 13.2 Å². The Bertz CT molecular complexity index is 309. The smallest absolute Gasteiger partial charge is 0.423 e. The number of aryl methyl sites for hydroxylation is 1. The number of aromatic nitrogens is 2. The highest BCUT2D eigenvalue weighted by Gasteiger charge is 2.28. The lowest BCUT2D eigenvalue weighted by Gasteiger charge is -1.91. The summed E-state index contributed by atoms with van der Waals surface area (Å²) in [5.74, 6) is -0.535. The van der Waals surface area contributed by atoms with Crippen LogP contribution in [0.15, 0.2) is 6.20 Å². The molecule has 7 nitrogen and oxygen atoms in total. The van der Waals surface area contributed by atoms with E-state index in [0.29, 0.717) is 0 Å². The van der Waals surface area contributed by atoms with E-state index in [4.69, 9.17) is 10.0 Å². The van der Waals surface area contributed by atoms with E-state index >= 15 is 0 Å². The zero-order chi connectivity index (χ0) is 9.30. The highest BCUT2D eigenvalue weighted by atomic mass is 16.6. The zero-order valence-electron chi connectivity index (χ0n) is 6.21. The van der Waals surface area contributed by atoms with Crippen molar-refractivity contribution in [3.8, 4) is 0 Å². The van der Waals surface area contributed by atoms with E-state index in [2.05, 4.69) is 5.10 Å². The maximum absolute atomic E-state index is 10.2. The van der Waals surface area contributed by atoms with E-state index in [0.717, 1.165) is 4.68 Å². The van der Waals surface area contributed by atoms with Crippen molar-refractivity contribution in [1.29, 1.82) is 0 Å². The molecule has 8 heteroatoms. The Hall–Kier alpha value is -1.41. The van der Waals surface area contributed by atoms with Crippen molar-refractivity contribution in [2.45, 2.75) is 0 Å². The van der Waals surface area contributed by atoms with Gasteiger partial charge < -0.3 is 20.2 Å². The first kappa shape index (κ1) is 8.69. The Morgan fingerprint density at radius 2 is 2.33 bits per heavy atom. The summed E-state index contributed by atoms with van der Waals surface area (Å²) in [6.07, 6.45) is 1.18. The van der Waals surface area contributed by atoms with Crippen LogP contribution in [0.4, 0.5) is 5.82 Å². The van der Waals surface area contributed by atoms with Crippen LogP contribution in [0.5, 0.6) is 0 Å². The first-order valence-corrected chi connectivity index (χ1v) is 3.06. The third kappa shape index (κ3) is 1.43. The van der Waals surface area contributed by atoms with Gasteiger partial charge in [0.05, 0.1) is 18.3 Å². The fraction of sp³-hybridized carbons (Fsp3) is 0.250. The fourth-order valence-electron chi connectivity index (χ4n) is 0.819. The quantitative estimate of drug-likeness (QED) is 0.304. The first-order valence-electron chi connectivity index (χ1n) is 3.06. The monoisotopic (exact) mass is 171 g/mol. The molecule has 0 unspecified atom stereocenters. The Kier molecular flexibility index (Phi) is 2.11. The Morgan fingerprint density at radius 3 is 2.67 bits per heavy atom. The third-order valence-electron chi connectivity index (χ3n) is 1.29. The van der Waals surface area contributed by atoms with Gasteiger partial charge in [0.25, 0.3) is 0 Å². The van der Waals surface area contributed by atoms with Gasteiger partial charge in [-0.15, -0.1) is 0 Å². The van der Waals surface area contributed by atoms with Crippen LogP contribution < -0.4 is 5.46 Å². The van der Waals surface area contributed by atoms with E-state index in [-0.39, 0.29) is 5.46 Å². The van der Waals surface area contributed by atoms with Crippen LogP contribution >= 0.6 is 0 Å². The van der Waals surface area contributed by atoms with Crippen LogP contribution in [0, 0.1) is 10.1 Å². The summed E-state index contributed by atoms with van der Waals surface area (Å²) < 4.78 is 1.15. The van der Waals surface area contributed by atoms with Gasteiger partial charge in [0.1, 0.15) is 5.46 Å². The molecule has 12 heavy (non-hydrogen) atoms. The molecule has 0 saturated heterocycles. The Morgan fingerprint density at radius 1 is 1.75 bits per heavy atom. The second-order valence-electron chi connectivity index (χ2n) is 2.21. The van der Waals surface area contributed by atoms with Gasteiger partial charge in [-0.3, -0.25) is 0 Å². The lowest BCUT2D eigenvalue weighted by Crippen LogP contribution is -2.30. The predicted octanol–water partition coefficient (Wildman–Crippen LogP) is -1.99. The van der Waals surface area contributed by atoms with Crippen molar-refractivity contribution >= 4 is 18.4 Å². The highest BCUT2D eigenvalue weighted by Crippen LogP contribution is 2.02. The van der Waals surface area contributed by atoms with E-state index in [1.807, 2.05) is 0 Å². The van der Waals surface area contributed by atoms with Crippen LogP contribution in [0.3, 0.4) is 0 Å². The molecule has 0 spiro atoms. The molecule has 0 aliphatic heterocycles. The van der Waals surface area contributed by atoms with Gasteiger partial charge in [0.2, 0.25) is 0 Å². The standard InChI is InChI=1S/C4H6BN3O4/c1-7-2-3(5(9)10)4(6-7)8(11)12/h2,9-10H,1H3. The maximum Gasteiger partial charge on any atom is 0.499 e. The van der Waals surface area contributed by atoms with Gasteiger partial charge in [-0.05, 0) is 4.92 Å². The molecule has 0 atom stereocenters. The number of rotatable bonds is 2. The molecule has 0 radical (unpaired) electrons. The second kappa shape index (κ2) is 2.91. The molecule has 1 rings (SSSR count). The minimum absolute atomic E-state index is 0.206. The molecule has 0 fully saturated rings. The largest absolute Gasteiger partial charge is 0.499 e. The summed E-state index contributed by atoms with van der Waals surface area (Å²) in [4.78, 5) is 9.48. The van der Waals surface area contributed by atoms with E-state index in [9.17, 15) is 10.1 Å². The van der Waals surface area contributed by atoms with Crippen molar-refractivity contribution in [3.05, 3.63) is 16.3 Å². The molecule has 1 aromatic heterocycles.